The zero-order valence-corrected chi connectivity index (χ0v) is 14.1. The molecule has 1 aliphatic rings. The molecule has 1 unspecified atom stereocenters. The Kier molecular flexibility index (Phi) is 5.08. The smallest absolute Gasteiger partial charge is 0.263 e. The molecule has 1 amide bonds. The van der Waals surface area contributed by atoms with Crippen LogP contribution in [0.5, 0.6) is 5.75 Å². The number of ether oxygens (including phenoxy) is 1. The van der Waals surface area contributed by atoms with E-state index in [0.29, 0.717) is 11.8 Å². The number of benzene rings is 1. The molecule has 3 rings (SSSR count). The Hall–Kier alpha value is -2.44. The van der Waals surface area contributed by atoms with E-state index in [1.54, 1.807) is 11.6 Å². The van der Waals surface area contributed by atoms with Crippen LogP contribution in [0.15, 0.2) is 30.6 Å². The number of aromatic nitrogens is 4. The minimum Gasteiger partial charge on any atom is -0.481 e. The SMILES string of the molecule is CC(Oc1cccc(-n2cnnn2)c1)C(=O)N(C)C1CCCCC1. The van der Waals surface area contributed by atoms with Gasteiger partial charge in [-0.05, 0) is 42.3 Å². The normalized spacial score (nSPS) is 16.6. The molecule has 1 aliphatic carbocycles. The number of tetrazole rings is 1. The first-order valence-electron chi connectivity index (χ1n) is 8.42. The summed E-state index contributed by atoms with van der Waals surface area (Å²) in [6.07, 6.45) is 6.84. The van der Waals surface area contributed by atoms with Crippen molar-refractivity contribution in [2.24, 2.45) is 0 Å². The number of amides is 1. The summed E-state index contributed by atoms with van der Waals surface area (Å²) >= 11 is 0. The average molecular weight is 329 g/mol. The summed E-state index contributed by atoms with van der Waals surface area (Å²) in [4.78, 5) is 14.5. The van der Waals surface area contributed by atoms with Gasteiger partial charge in [-0.2, -0.15) is 0 Å². The molecule has 7 heteroatoms. The van der Waals surface area contributed by atoms with Gasteiger partial charge in [0.25, 0.3) is 5.91 Å². The fourth-order valence-corrected chi connectivity index (χ4v) is 3.17. The van der Waals surface area contributed by atoms with Crippen molar-refractivity contribution in [2.45, 2.75) is 51.2 Å². The predicted molar refractivity (Wildman–Crippen MR) is 88.9 cm³/mol. The molecule has 0 bridgehead atoms. The van der Waals surface area contributed by atoms with Crippen LogP contribution in [0.1, 0.15) is 39.0 Å². The van der Waals surface area contributed by atoms with E-state index in [1.165, 1.54) is 25.6 Å². The maximum absolute atomic E-state index is 12.6. The maximum atomic E-state index is 12.6. The van der Waals surface area contributed by atoms with E-state index in [4.69, 9.17) is 4.74 Å². The van der Waals surface area contributed by atoms with Crippen molar-refractivity contribution in [3.63, 3.8) is 0 Å². The zero-order valence-electron chi connectivity index (χ0n) is 14.1. The summed E-state index contributed by atoms with van der Waals surface area (Å²) in [7, 11) is 1.88. The molecule has 1 saturated carbocycles. The van der Waals surface area contributed by atoms with E-state index < -0.39 is 6.10 Å². The third kappa shape index (κ3) is 3.72. The fourth-order valence-electron chi connectivity index (χ4n) is 3.17. The Morgan fingerprint density at radius 1 is 1.33 bits per heavy atom. The van der Waals surface area contributed by atoms with E-state index >= 15 is 0 Å². The lowest BCUT2D eigenvalue weighted by atomic mass is 9.94. The van der Waals surface area contributed by atoms with Crippen molar-refractivity contribution >= 4 is 5.91 Å². The molecule has 1 fully saturated rings. The highest BCUT2D eigenvalue weighted by Crippen LogP contribution is 2.23. The molecule has 24 heavy (non-hydrogen) atoms. The number of likely N-dealkylation sites (N-methyl/N-ethyl adjacent to an activating group) is 1. The molecule has 2 aromatic rings. The van der Waals surface area contributed by atoms with Crippen molar-refractivity contribution in [3.8, 4) is 11.4 Å². The highest BCUT2D eigenvalue weighted by Gasteiger charge is 2.26. The predicted octanol–water partition coefficient (Wildman–Crippen LogP) is 2.22. The van der Waals surface area contributed by atoms with Crippen molar-refractivity contribution in [1.29, 1.82) is 0 Å². The fraction of sp³-hybridized carbons (Fsp3) is 0.529. The maximum Gasteiger partial charge on any atom is 0.263 e. The zero-order chi connectivity index (χ0) is 16.9. The topological polar surface area (TPSA) is 73.1 Å². The molecule has 1 heterocycles. The van der Waals surface area contributed by atoms with Gasteiger partial charge in [0.1, 0.15) is 12.1 Å². The van der Waals surface area contributed by atoms with Crippen LogP contribution in [-0.4, -0.2) is 50.2 Å². The molecule has 7 nitrogen and oxygen atoms in total. The van der Waals surface area contributed by atoms with E-state index in [0.717, 1.165) is 18.5 Å². The van der Waals surface area contributed by atoms with E-state index in [1.807, 2.05) is 36.2 Å². The number of carbonyl (C=O) groups is 1. The van der Waals surface area contributed by atoms with Gasteiger partial charge in [-0.3, -0.25) is 4.79 Å². The molecular weight excluding hydrogens is 306 g/mol. The van der Waals surface area contributed by atoms with E-state index in [2.05, 4.69) is 15.5 Å². The quantitative estimate of drug-likeness (QED) is 0.841. The van der Waals surface area contributed by atoms with Crippen LogP contribution in [0.4, 0.5) is 0 Å². The number of nitrogens with zero attached hydrogens (tertiary/aromatic N) is 5. The summed E-state index contributed by atoms with van der Waals surface area (Å²) in [5.74, 6) is 0.649. The van der Waals surface area contributed by atoms with Crippen LogP contribution in [0.3, 0.4) is 0 Å². The lowest BCUT2D eigenvalue weighted by Gasteiger charge is -2.32. The molecule has 0 radical (unpaired) electrons. The summed E-state index contributed by atoms with van der Waals surface area (Å²) in [6.45, 7) is 1.80. The Labute approximate surface area is 141 Å². The number of carbonyl (C=O) groups excluding carboxylic acids is 1. The van der Waals surface area contributed by atoms with Gasteiger partial charge in [0, 0.05) is 19.2 Å². The first kappa shape index (κ1) is 16.4. The average Bonchev–Trinajstić information content (AvgIpc) is 3.16. The minimum absolute atomic E-state index is 0.0229. The molecule has 1 aromatic carbocycles. The Morgan fingerprint density at radius 2 is 2.12 bits per heavy atom. The second-order valence-corrected chi connectivity index (χ2v) is 6.25. The largest absolute Gasteiger partial charge is 0.481 e. The lowest BCUT2D eigenvalue weighted by molar-refractivity contribution is -0.139. The molecule has 128 valence electrons. The number of hydrogen-bond donors (Lipinski definition) is 0. The molecule has 1 aromatic heterocycles. The molecule has 1 atom stereocenters. The van der Waals surface area contributed by atoms with E-state index in [9.17, 15) is 4.79 Å². The first-order chi connectivity index (χ1) is 11.6. The van der Waals surface area contributed by atoms with Gasteiger partial charge in [0.15, 0.2) is 6.10 Å². The van der Waals surface area contributed by atoms with Crippen molar-refractivity contribution in [1.82, 2.24) is 25.1 Å². The van der Waals surface area contributed by atoms with Gasteiger partial charge in [0.2, 0.25) is 0 Å². The van der Waals surface area contributed by atoms with Crippen LogP contribution in [0.25, 0.3) is 5.69 Å². The molecular formula is C17H23N5O2. The Bertz CT molecular complexity index is 667. The van der Waals surface area contributed by atoms with Gasteiger partial charge < -0.3 is 9.64 Å². The molecule has 0 saturated heterocycles. The highest BCUT2D eigenvalue weighted by molar-refractivity contribution is 5.81. The van der Waals surface area contributed by atoms with Crippen LogP contribution in [0.2, 0.25) is 0 Å². The van der Waals surface area contributed by atoms with Crippen LogP contribution < -0.4 is 4.74 Å². The second-order valence-electron chi connectivity index (χ2n) is 6.25. The Balaban J connectivity index is 1.64. The Morgan fingerprint density at radius 3 is 2.83 bits per heavy atom. The monoisotopic (exact) mass is 329 g/mol. The lowest BCUT2D eigenvalue weighted by Crippen LogP contribution is -2.44. The van der Waals surface area contributed by atoms with Crippen LogP contribution >= 0.6 is 0 Å². The summed E-state index contributed by atoms with van der Waals surface area (Å²) in [6, 6.07) is 7.72. The van der Waals surface area contributed by atoms with E-state index in [-0.39, 0.29) is 5.91 Å². The van der Waals surface area contributed by atoms with Crippen LogP contribution in [0, 0.1) is 0 Å². The number of rotatable bonds is 5. The van der Waals surface area contributed by atoms with Gasteiger partial charge in [-0.15, -0.1) is 5.10 Å². The summed E-state index contributed by atoms with van der Waals surface area (Å²) in [5.41, 5.74) is 0.790. The molecule has 0 N–H and O–H groups in total. The van der Waals surface area contributed by atoms with Gasteiger partial charge in [-0.1, -0.05) is 25.3 Å². The van der Waals surface area contributed by atoms with Gasteiger partial charge in [0.05, 0.1) is 5.69 Å². The third-order valence-electron chi connectivity index (χ3n) is 4.56. The standard InChI is InChI=1S/C17H23N5O2/c1-13(17(23)21(2)14-7-4-3-5-8-14)24-16-10-6-9-15(11-16)22-12-18-19-20-22/h6,9-14H,3-5,7-8H2,1-2H3. The van der Waals surface area contributed by atoms with Crippen molar-refractivity contribution < 1.29 is 9.53 Å². The van der Waals surface area contributed by atoms with Crippen LogP contribution in [-0.2, 0) is 4.79 Å². The first-order valence-corrected chi connectivity index (χ1v) is 8.42. The van der Waals surface area contributed by atoms with Crippen molar-refractivity contribution in [2.75, 3.05) is 7.05 Å². The second kappa shape index (κ2) is 7.42. The third-order valence-corrected chi connectivity index (χ3v) is 4.56. The summed E-state index contributed by atoms with van der Waals surface area (Å²) in [5, 5.41) is 11.1. The number of hydrogen-bond acceptors (Lipinski definition) is 5. The highest BCUT2D eigenvalue weighted by atomic mass is 16.5. The minimum atomic E-state index is -0.527. The van der Waals surface area contributed by atoms with Crippen molar-refractivity contribution in [3.05, 3.63) is 30.6 Å². The summed E-state index contributed by atoms with van der Waals surface area (Å²) < 4.78 is 7.40. The van der Waals surface area contributed by atoms with Gasteiger partial charge in [-0.25, -0.2) is 4.68 Å². The van der Waals surface area contributed by atoms with Gasteiger partial charge >= 0.3 is 0 Å². The molecule has 0 spiro atoms. The molecule has 0 aliphatic heterocycles.